The van der Waals surface area contributed by atoms with Crippen molar-refractivity contribution in [3.8, 4) is 5.75 Å². The maximum atomic E-state index is 12.4. The second kappa shape index (κ2) is 7.70. The zero-order valence-electron chi connectivity index (χ0n) is 15.8. The molecule has 5 heteroatoms. The SMILES string of the molecule is CCC(c1cccc(OC)c1)N(C)Cc1cc(=O)n2cccc(C)c2n1. The molecule has 5 nitrogen and oxygen atoms in total. The Bertz CT molecular complexity index is 965. The molecule has 26 heavy (non-hydrogen) atoms. The zero-order valence-corrected chi connectivity index (χ0v) is 15.8. The van der Waals surface area contributed by atoms with Crippen molar-refractivity contribution >= 4 is 5.65 Å². The number of hydrogen-bond acceptors (Lipinski definition) is 4. The largest absolute Gasteiger partial charge is 0.497 e. The summed E-state index contributed by atoms with van der Waals surface area (Å²) < 4.78 is 6.95. The van der Waals surface area contributed by atoms with Crippen LogP contribution in [0.25, 0.3) is 5.65 Å². The lowest BCUT2D eigenvalue weighted by Gasteiger charge is -2.27. The Labute approximate surface area is 153 Å². The van der Waals surface area contributed by atoms with Crippen molar-refractivity contribution in [2.45, 2.75) is 32.9 Å². The summed E-state index contributed by atoms with van der Waals surface area (Å²) in [6.45, 7) is 4.74. The summed E-state index contributed by atoms with van der Waals surface area (Å²) in [6, 6.07) is 13.8. The number of pyridine rings is 1. The summed E-state index contributed by atoms with van der Waals surface area (Å²) in [5.41, 5.74) is 3.65. The fourth-order valence-electron chi connectivity index (χ4n) is 3.41. The van der Waals surface area contributed by atoms with Crippen molar-refractivity contribution in [2.75, 3.05) is 14.2 Å². The summed E-state index contributed by atoms with van der Waals surface area (Å²) in [4.78, 5) is 19.4. The average molecular weight is 351 g/mol. The zero-order chi connectivity index (χ0) is 18.7. The number of fused-ring (bicyclic) bond motifs is 1. The Morgan fingerprint density at radius 2 is 2.04 bits per heavy atom. The number of aryl methyl sites for hydroxylation is 1. The summed E-state index contributed by atoms with van der Waals surface area (Å²) in [5, 5.41) is 0. The number of benzene rings is 1. The summed E-state index contributed by atoms with van der Waals surface area (Å²) in [5.74, 6) is 0.854. The Morgan fingerprint density at radius 3 is 2.77 bits per heavy atom. The summed E-state index contributed by atoms with van der Waals surface area (Å²) >= 11 is 0. The fourth-order valence-corrected chi connectivity index (χ4v) is 3.41. The van der Waals surface area contributed by atoms with Crippen molar-refractivity contribution in [3.63, 3.8) is 0 Å². The van der Waals surface area contributed by atoms with Gasteiger partial charge in [-0.3, -0.25) is 14.1 Å². The van der Waals surface area contributed by atoms with E-state index in [1.165, 1.54) is 5.56 Å². The van der Waals surface area contributed by atoms with Crippen molar-refractivity contribution in [1.82, 2.24) is 14.3 Å². The van der Waals surface area contributed by atoms with E-state index in [2.05, 4.69) is 31.0 Å². The van der Waals surface area contributed by atoms with E-state index in [1.807, 2.05) is 31.2 Å². The molecule has 0 aliphatic carbocycles. The third-order valence-electron chi connectivity index (χ3n) is 4.75. The number of ether oxygens (including phenoxy) is 1. The molecule has 0 fully saturated rings. The van der Waals surface area contributed by atoms with Crippen LogP contribution in [0.4, 0.5) is 0 Å². The van der Waals surface area contributed by atoms with Crippen LogP contribution in [-0.2, 0) is 6.54 Å². The Hall–Kier alpha value is -2.66. The molecular formula is C21H25N3O2. The van der Waals surface area contributed by atoms with Crippen molar-refractivity contribution in [2.24, 2.45) is 0 Å². The molecule has 0 aliphatic rings. The average Bonchev–Trinajstić information content (AvgIpc) is 2.63. The molecule has 0 spiro atoms. The Kier molecular flexibility index (Phi) is 5.38. The lowest BCUT2D eigenvalue weighted by molar-refractivity contribution is 0.227. The van der Waals surface area contributed by atoms with Crippen LogP contribution in [0.3, 0.4) is 0 Å². The summed E-state index contributed by atoms with van der Waals surface area (Å²) in [6.07, 6.45) is 2.71. The number of hydrogen-bond donors (Lipinski definition) is 0. The highest BCUT2D eigenvalue weighted by molar-refractivity contribution is 5.46. The van der Waals surface area contributed by atoms with Crippen LogP contribution in [-0.4, -0.2) is 28.4 Å². The fraction of sp³-hybridized carbons (Fsp3) is 0.333. The first-order chi connectivity index (χ1) is 12.5. The summed E-state index contributed by atoms with van der Waals surface area (Å²) in [7, 11) is 3.74. The monoisotopic (exact) mass is 351 g/mol. The van der Waals surface area contributed by atoms with Gasteiger partial charge in [0, 0.05) is 24.8 Å². The molecule has 0 amide bonds. The normalized spacial score (nSPS) is 12.5. The Balaban J connectivity index is 1.90. The van der Waals surface area contributed by atoms with Gasteiger partial charge in [0.1, 0.15) is 11.4 Å². The molecule has 2 heterocycles. The smallest absolute Gasteiger partial charge is 0.258 e. The van der Waals surface area contributed by atoms with E-state index in [-0.39, 0.29) is 11.6 Å². The molecule has 3 rings (SSSR count). The van der Waals surface area contributed by atoms with Crippen LogP contribution in [0.15, 0.2) is 53.5 Å². The second-order valence-electron chi connectivity index (χ2n) is 6.59. The van der Waals surface area contributed by atoms with E-state index in [0.717, 1.165) is 29.1 Å². The van der Waals surface area contributed by atoms with Gasteiger partial charge in [0.05, 0.1) is 12.8 Å². The molecule has 0 radical (unpaired) electrons. The van der Waals surface area contributed by atoms with Gasteiger partial charge in [-0.1, -0.05) is 25.1 Å². The minimum Gasteiger partial charge on any atom is -0.497 e. The maximum Gasteiger partial charge on any atom is 0.258 e. The minimum absolute atomic E-state index is 0.0449. The first kappa shape index (κ1) is 18.1. The van der Waals surface area contributed by atoms with Gasteiger partial charge < -0.3 is 4.74 Å². The first-order valence-corrected chi connectivity index (χ1v) is 8.85. The number of nitrogens with zero attached hydrogens (tertiary/aromatic N) is 3. The number of methoxy groups -OCH3 is 1. The molecule has 0 aliphatic heterocycles. The number of rotatable bonds is 6. The van der Waals surface area contributed by atoms with Gasteiger partial charge in [0.2, 0.25) is 0 Å². The molecule has 0 saturated carbocycles. The first-order valence-electron chi connectivity index (χ1n) is 8.85. The highest BCUT2D eigenvalue weighted by atomic mass is 16.5. The number of aromatic nitrogens is 2. The molecule has 0 bridgehead atoms. The van der Waals surface area contributed by atoms with E-state index in [9.17, 15) is 4.79 Å². The standard InChI is InChI=1S/C21H25N3O2/c1-5-19(16-9-6-10-18(12-16)26-4)23(3)14-17-13-20(25)24-11-7-8-15(2)21(24)22-17/h6-13,19H,5,14H2,1-4H3. The lowest BCUT2D eigenvalue weighted by atomic mass is 10.0. The van der Waals surface area contributed by atoms with Gasteiger partial charge in [-0.2, -0.15) is 0 Å². The quantitative estimate of drug-likeness (QED) is 0.681. The lowest BCUT2D eigenvalue weighted by Crippen LogP contribution is -2.26. The highest BCUT2D eigenvalue weighted by Crippen LogP contribution is 2.27. The van der Waals surface area contributed by atoms with E-state index < -0.39 is 0 Å². The van der Waals surface area contributed by atoms with E-state index in [1.54, 1.807) is 23.8 Å². The van der Waals surface area contributed by atoms with E-state index in [0.29, 0.717) is 6.54 Å². The third-order valence-corrected chi connectivity index (χ3v) is 4.75. The van der Waals surface area contributed by atoms with Crippen LogP contribution in [0, 0.1) is 6.92 Å². The van der Waals surface area contributed by atoms with Gasteiger partial charge >= 0.3 is 0 Å². The second-order valence-corrected chi connectivity index (χ2v) is 6.59. The highest BCUT2D eigenvalue weighted by Gasteiger charge is 2.17. The third kappa shape index (κ3) is 3.63. The molecular weight excluding hydrogens is 326 g/mol. The van der Waals surface area contributed by atoms with Gasteiger partial charge in [-0.25, -0.2) is 4.98 Å². The Morgan fingerprint density at radius 1 is 1.23 bits per heavy atom. The minimum atomic E-state index is -0.0449. The van der Waals surface area contributed by atoms with Gasteiger partial charge in [0.25, 0.3) is 5.56 Å². The topological polar surface area (TPSA) is 46.8 Å². The molecule has 1 atom stereocenters. The predicted octanol–water partition coefficient (Wildman–Crippen LogP) is 3.59. The maximum absolute atomic E-state index is 12.4. The van der Waals surface area contributed by atoms with Crippen LogP contribution in [0.1, 0.15) is 36.2 Å². The van der Waals surface area contributed by atoms with E-state index in [4.69, 9.17) is 9.72 Å². The van der Waals surface area contributed by atoms with Crippen LogP contribution >= 0.6 is 0 Å². The molecule has 2 aromatic heterocycles. The molecule has 136 valence electrons. The van der Waals surface area contributed by atoms with Crippen LogP contribution in [0.5, 0.6) is 5.75 Å². The van der Waals surface area contributed by atoms with Crippen LogP contribution in [0.2, 0.25) is 0 Å². The van der Waals surface area contributed by atoms with E-state index >= 15 is 0 Å². The molecule has 1 aromatic carbocycles. The van der Waals surface area contributed by atoms with Crippen LogP contribution < -0.4 is 10.3 Å². The van der Waals surface area contributed by atoms with Gasteiger partial charge in [0.15, 0.2) is 0 Å². The molecule has 0 N–H and O–H groups in total. The van der Waals surface area contributed by atoms with Gasteiger partial charge in [-0.05, 0) is 49.7 Å². The predicted molar refractivity (Wildman–Crippen MR) is 104 cm³/mol. The van der Waals surface area contributed by atoms with Crippen molar-refractivity contribution in [3.05, 3.63) is 75.8 Å². The molecule has 1 unspecified atom stereocenters. The van der Waals surface area contributed by atoms with Gasteiger partial charge in [-0.15, -0.1) is 0 Å². The van der Waals surface area contributed by atoms with Crippen molar-refractivity contribution < 1.29 is 4.74 Å². The molecule has 0 saturated heterocycles. The molecule has 3 aromatic rings. The van der Waals surface area contributed by atoms with Crippen molar-refractivity contribution in [1.29, 1.82) is 0 Å².